The molecule has 1 unspecified atom stereocenters. The summed E-state index contributed by atoms with van der Waals surface area (Å²) in [7, 11) is 0. The van der Waals surface area contributed by atoms with E-state index in [4.69, 9.17) is 11.6 Å². The molecule has 4 heteroatoms. The van der Waals surface area contributed by atoms with Gasteiger partial charge in [-0.2, -0.15) is 0 Å². The van der Waals surface area contributed by atoms with Crippen molar-refractivity contribution in [1.29, 1.82) is 0 Å². The molecule has 0 aromatic carbocycles. The average Bonchev–Trinajstić information content (AvgIpc) is 2.55. The lowest BCUT2D eigenvalue weighted by Gasteiger charge is -2.09. The van der Waals surface area contributed by atoms with Crippen molar-refractivity contribution < 1.29 is 9.90 Å². The van der Waals surface area contributed by atoms with Crippen LogP contribution in [0.25, 0.3) is 0 Å². The van der Waals surface area contributed by atoms with Crippen molar-refractivity contribution in [3.63, 3.8) is 0 Å². The normalized spacial score (nSPS) is 12.3. The van der Waals surface area contributed by atoms with Crippen molar-refractivity contribution in [2.24, 2.45) is 0 Å². The highest BCUT2D eigenvalue weighted by Crippen LogP contribution is 2.13. The Kier molecular flexibility index (Phi) is 17.8. The number of carbonyl (C=O) groups excluding carboxylic acids is 1. The lowest BCUT2D eigenvalue weighted by molar-refractivity contribution is -0.129. The van der Waals surface area contributed by atoms with Crippen LogP contribution in [0.1, 0.15) is 103 Å². The zero-order valence-corrected chi connectivity index (χ0v) is 15.9. The van der Waals surface area contributed by atoms with Crippen LogP contribution in [0.3, 0.4) is 0 Å². The molecule has 0 aromatic heterocycles. The third kappa shape index (κ3) is 16.4. The summed E-state index contributed by atoms with van der Waals surface area (Å²) < 4.78 is 0. The largest absolute Gasteiger partial charge is 0.383 e. The third-order valence-corrected chi connectivity index (χ3v) is 4.51. The van der Waals surface area contributed by atoms with E-state index < -0.39 is 6.10 Å². The molecule has 0 aliphatic carbocycles. The molecule has 0 radical (unpaired) electrons. The fourth-order valence-electron chi connectivity index (χ4n) is 2.85. The van der Waals surface area contributed by atoms with Gasteiger partial charge in [0.15, 0.2) is 0 Å². The van der Waals surface area contributed by atoms with Crippen LogP contribution < -0.4 is 5.32 Å². The highest BCUT2D eigenvalue weighted by atomic mass is 35.5. The van der Waals surface area contributed by atoms with Gasteiger partial charge in [0, 0.05) is 0 Å². The van der Waals surface area contributed by atoms with E-state index in [0.29, 0.717) is 6.42 Å². The first kappa shape index (κ1) is 22.7. The second kappa shape index (κ2) is 18.1. The minimum Gasteiger partial charge on any atom is -0.383 e. The number of aliphatic hydroxyl groups excluding tert-OH is 1. The average molecular weight is 348 g/mol. The number of carbonyl (C=O) groups is 1. The van der Waals surface area contributed by atoms with E-state index in [0.717, 1.165) is 12.8 Å². The maximum atomic E-state index is 11.3. The Morgan fingerprint density at radius 3 is 1.61 bits per heavy atom. The molecule has 1 atom stereocenters. The highest BCUT2D eigenvalue weighted by Gasteiger charge is 2.12. The molecule has 0 aliphatic heterocycles. The summed E-state index contributed by atoms with van der Waals surface area (Å²) in [5.41, 5.74) is 0. The zero-order chi connectivity index (χ0) is 17.2. The molecule has 2 N–H and O–H groups in total. The first-order valence-corrected chi connectivity index (χ1v) is 10.3. The van der Waals surface area contributed by atoms with Gasteiger partial charge in [0.05, 0.1) is 6.00 Å². The zero-order valence-electron chi connectivity index (χ0n) is 15.1. The van der Waals surface area contributed by atoms with Crippen molar-refractivity contribution >= 4 is 17.5 Å². The topological polar surface area (TPSA) is 49.3 Å². The fraction of sp³-hybridized carbons (Fsp3) is 0.947. The van der Waals surface area contributed by atoms with Crippen LogP contribution in [-0.4, -0.2) is 23.1 Å². The quantitative estimate of drug-likeness (QED) is 0.206. The van der Waals surface area contributed by atoms with E-state index in [9.17, 15) is 9.90 Å². The second-order valence-corrected chi connectivity index (χ2v) is 6.84. The number of unbranched alkanes of at least 4 members (excludes halogenated alkanes) is 13. The van der Waals surface area contributed by atoms with E-state index >= 15 is 0 Å². The SMILES string of the molecule is CCCCCCCCCCCCCCCCC(O)C(=O)NCCl. The van der Waals surface area contributed by atoms with Gasteiger partial charge in [-0.3, -0.25) is 4.79 Å². The molecule has 3 nitrogen and oxygen atoms in total. The van der Waals surface area contributed by atoms with Gasteiger partial charge in [-0.05, 0) is 6.42 Å². The molecule has 138 valence electrons. The van der Waals surface area contributed by atoms with Gasteiger partial charge in [0.25, 0.3) is 0 Å². The van der Waals surface area contributed by atoms with Crippen molar-refractivity contribution in [3.05, 3.63) is 0 Å². The van der Waals surface area contributed by atoms with Crippen LogP contribution >= 0.6 is 11.6 Å². The minimum absolute atomic E-state index is 0.0641. The van der Waals surface area contributed by atoms with Crippen LogP contribution in [0.15, 0.2) is 0 Å². The maximum absolute atomic E-state index is 11.3. The smallest absolute Gasteiger partial charge is 0.249 e. The molecule has 0 fully saturated rings. The van der Waals surface area contributed by atoms with Gasteiger partial charge in [-0.15, -0.1) is 11.6 Å². The number of aliphatic hydroxyl groups is 1. The van der Waals surface area contributed by atoms with Gasteiger partial charge in [0.2, 0.25) is 5.91 Å². The fourth-order valence-corrected chi connectivity index (χ4v) is 2.98. The van der Waals surface area contributed by atoms with Crippen LogP contribution in [0.4, 0.5) is 0 Å². The van der Waals surface area contributed by atoms with Crippen molar-refractivity contribution in [3.8, 4) is 0 Å². The molecule has 0 rings (SSSR count). The van der Waals surface area contributed by atoms with Crippen molar-refractivity contribution in [2.45, 2.75) is 109 Å². The number of hydrogen-bond acceptors (Lipinski definition) is 2. The number of halogens is 1. The molecule has 0 bridgehead atoms. The summed E-state index contributed by atoms with van der Waals surface area (Å²) in [6.45, 7) is 2.26. The second-order valence-electron chi connectivity index (χ2n) is 6.58. The van der Waals surface area contributed by atoms with Crippen molar-refractivity contribution in [2.75, 3.05) is 6.00 Å². The standard InChI is InChI=1S/C19H38ClNO2/c1-2-3-4-5-6-7-8-9-10-11-12-13-14-15-16-18(22)19(23)21-17-20/h18,22H,2-17H2,1H3,(H,21,23). The van der Waals surface area contributed by atoms with Gasteiger partial charge in [-0.25, -0.2) is 0 Å². The maximum Gasteiger partial charge on any atom is 0.249 e. The third-order valence-electron chi connectivity index (χ3n) is 4.37. The van der Waals surface area contributed by atoms with Gasteiger partial charge in [-0.1, -0.05) is 96.8 Å². The molecular weight excluding hydrogens is 310 g/mol. The number of amides is 1. The molecule has 0 heterocycles. The molecule has 23 heavy (non-hydrogen) atoms. The Hall–Kier alpha value is -0.280. The molecule has 1 amide bonds. The summed E-state index contributed by atoms with van der Waals surface area (Å²) in [6, 6.07) is 0.0641. The molecule has 0 saturated heterocycles. The molecular formula is C19H38ClNO2. The van der Waals surface area contributed by atoms with Crippen LogP contribution in [0.2, 0.25) is 0 Å². The molecule has 0 saturated carbocycles. The van der Waals surface area contributed by atoms with E-state index in [1.54, 1.807) is 0 Å². The Balaban J connectivity index is 3.14. The van der Waals surface area contributed by atoms with Gasteiger partial charge in [0.1, 0.15) is 6.10 Å². The predicted octanol–water partition coefficient (Wildman–Crippen LogP) is 5.53. The summed E-state index contributed by atoms with van der Waals surface area (Å²) in [5.74, 6) is -0.352. The van der Waals surface area contributed by atoms with E-state index in [2.05, 4.69) is 12.2 Å². The number of nitrogens with one attached hydrogen (secondary N) is 1. The van der Waals surface area contributed by atoms with Crippen molar-refractivity contribution in [1.82, 2.24) is 5.32 Å². The Morgan fingerprint density at radius 1 is 0.826 bits per heavy atom. The summed E-state index contributed by atoms with van der Waals surface area (Å²) in [6.07, 6.45) is 18.0. The molecule has 0 aliphatic rings. The summed E-state index contributed by atoms with van der Waals surface area (Å²) in [4.78, 5) is 11.3. The number of hydrogen-bond donors (Lipinski definition) is 2. The Morgan fingerprint density at radius 2 is 1.22 bits per heavy atom. The van der Waals surface area contributed by atoms with E-state index in [1.165, 1.54) is 77.0 Å². The number of rotatable bonds is 17. The minimum atomic E-state index is -0.897. The lowest BCUT2D eigenvalue weighted by Crippen LogP contribution is -2.33. The van der Waals surface area contributed by atoms with Crippen LogP contribution in [0, 0.1) is 0 Å². The van der Waals surface area contributed by atoms with Gasteiger partial charge >= 0.3 is 0 Å². The summed E-state index contributed by atoms with van der Waals surface area (Å²) >= 11 is 5.39. The Labute approximate surface area is 148 Å². The van der Waals surface area contributed by atoms with E-state index in [-0.39, 0.29) is 11.9 Å². The van der Waals surface area contributed by atoms with Gasteiger partial charge < -0.3 is 10.4 Å². The lowest BCUT2D eigenvalue weighted by atomic mass is 10.0. The predicted molar refractivity (Wildman–Crippen MR) is 99.8 cm³/mol. The highest BCUT2D eigenvalue weighted by molar-refractivity contribution is 6.18. The first-order chi connectivity index (χ1) is 11.2. The summed E-state index contributed by atoms with van der Waals surface area (Å²) in [5, 5.41) is 12.0. The van der Waals surface area contributed by atoms with Crippen LogP contribution in [-0.2, 0) is 4.79 Å². The van der Waals surface area contributed by atoms with E-state index in [1.807, 2.05) is 0 Å². The molecule has 0 spiro atoms. The first-order valence-electron chi connectivity index (χ1n) is 9.74. The van der Waals surface area contributed by atoms with Crippen LogP contribution in [0.5, 0.6) is 0 Å². The monoisotopic (exact) mass is 347 g/mol. The molecule has 0 aromatic rings. The number of alkyl halides is 1. The Bertz CT molecular complexity index is 262.